The first-order valence-corrected chi connectivity index (χ1v) is 4.99. The number of anilines is 1. The summed E-state index contributed by atoms with van der Waals surface area (Å²) in [7, 11) is 1.19. The van der Waals surface area contributed by atoms with Gasteiger partial charge >= 0.3 is 6.18 Å². The van der Waals surface area contributed by atoms with Crippen molar-refractivity contribution < 1.29 is 26.2 Å². The highest BCUT2D eigenvalue weighted by Crippen LogP contribution is 2.31. The van der Waals surface area contributed by atoms with E-state index in [9.17, 15) is 21.9 Å². The van der Waals surface area contributed by atoms with Crippen molar-refractivity contribution in [2.75, 3.05) is 12.1 Å². The lowest BCUT2D eigenvalue weighted by Crippen LogP contribution is -2.19. The molecule has 1 rings (SSSR count). The van der Waals surface area contributed by atoms with E-state index < -0.39 is 23.1 Å². The number of hydroxylamine groups is 1. The minimum absolute atomic E-state index is 0.0148. The number of halogens is 3. The van der Waals surface area contributed by atoms with Crippen LogP contribution in [0.3, 0.4) is 0 Å². The third-order valence-corrected chi connectivity index (χ3v) is 2.06. The minimum Gasteiger partial charge on any atom is -0.748 e. The number of rotatable bonds is 3. The van der Waals surface area contributed by atoms with E-state index in [0.717, 1.165) is 23.3 Å². The van der Waals surface area contributed by atoms with Crippen molar-refractivity contribution in [3.8, 4) is 0 Å². The molecule has 0 saturated carbocycles. The lowest BCUT2D eigenvalue weighted by molar-refractivity contribution is -0.137. The fourth-order valence-corrected chi connectivity index (χ4v) is 1.28. The van der Waals surface area contributed by atoms with E-state index in [1.165, 1.54) is 13.1 Å². The first-order valence-electron chi connectivity index (χ1n) is 3.99. The predicted molar refractivity (Wildman–Crippen MR) is 49.9 cm³/mol. The topological polar surface area (TPSA) is 52.6 Å². The first-order chi connectivity index (χ1) is 7.30. The van der Waals surface area contributed by atoms with Crippen LogP contribution in [0.2, 0.25) is 0 Å². The molecule has 1 aromatic rings. The quantitative estimate of drug-likeness (QED) is 0.610. The molecule has 0 spiro atoms. The molecule has 8 heteroatoms. The summed E-state index contributed by atoms with van der Waals surface area (Å²) in [5, 5.41) is 0.721. The molecule has 1 aromatic carbocycles. The zero-order chi connectivity index (χ0) is 12.3. The lowest BCUT2D eigenvalue weighted by Gasteiger charge is -2.19. The highest BCUT2D eigenvalue weighted by Gasteiger charge is 2.30. The van der Waals surface area contributed by atoms with Crippen molar-refractivity contribution in [1.82, 2.24) is 0 Å². The standard InChI is InChI=1S/C8H8F3NO3S/c1-12(15-16(13)14)7-4-2-3-6(5-7)8(9,10)11/h2-5H,1H3,(H,13,14)/p-1. The molecular weight excluding hydrogens is 247 g/mol. The molecule has 90 valence electrons. The first kappa shape index (κ1) is 12.9. The largest absolute Gasteiger partial charge is 0.748 e. The molecule has 0 amide bonds. The van der Waals surface area contributed by atoms with Gasteiger partial charge in [-0.2, -0.15) is 17.5 Å². The van der Waals surface area contributed by atoms with Crippen LogP contribution >= 0.6 is 0 Å². The third kappa shape index (κ3) is 3.47. The maximum absolute atomic E-state index is 12.3. The van der Waals surface area contributed by atoms with Gasteiger partial charge in [-0.05, 0) is 18.2 Å². The van der Waals surface area contributed by atoms with E-state index in [-0.39, 0.29) is 5.69 Å². The maximum Gasteiger partial charge on any atom is 0.416 e. The summed E-state index contributed by atoms with van der Waals surface area (Å²) in [5.74, 6) is 0. The summed E-state index contributed by atoms with van der Waals surface area (Å²) in [5.41, 5.74) is -0.892. The Morgan fingerprint density at radius 2 is 2.06 bits per heavy atom. The average Bonchev–Trinajstić information content (AvgIpc) is 2.15. The van der Waals surface area contributed by atoms with E-state index in [4.69, 9.17) is 0 Å². The molecule has 0 radical (unpaired) electrons. The molecule has 0 aliphatic heterocycles. The van der Waals surface area contributed by atoms with E-state index in [1.54, 1.807) is 0 Å². The van der Waals surface area contributed by atoms with Crippen LogP contribution in [-0.4, -0.2) is 15.8 Å². The second-order valence-corrected chi connectivity index (χ2v) is 3.38. The zero-order valence-electron chi connectivity index (χ0n) is 8.02. The van der Waals surface area contributed by atoms with Crippen molar-refractivity contribution in [1.29, 1.82) is 0 Å². The van der Waals surface area contributed by atoms with Crippen LogP contribution in [0.5, 0.6) is 0 Å². The highest BCUT2D eigenvalue weighted by atomic mass is 32.2. The Labute approximate surface area is 92.1 Å². The molecule has 1 unspecified atom stereocenters. The van der Waals surface area contributed by atoms with Crippen molar-refractivity contribution in [3.05, 3.63) is 29.8 Å². The van der Waals surface area contributed by atoms with E-state index in [2.05, 4.69) is 4.28 Å². The van der Waals surface area contributed by atoms with Gasteiger partial charge in [-0.15, -0.1) is 0 Å². The Bertz CT molecular complexity index is 396. The molecule has 1 atom stereocenters. The molecule has 4 nitrogen and oxygen atoms in total. The third-order valence-electron chi connectivity index (χ3n) is 1.71. The van der Waals surface area contributed by atoms with Crippen molar-refractivity contribution in [3.63, 3.8) is 0 Å². The zero-order valence-corrected chi connectivity index (χ0v) is 8.84. The molecule has 0 N–H and O–H groups in total. The minimum atomic E-state index is -4.48. The Morgan fingerprint density at radius 1 is 1.44 bits per heavy atom. The number of nitrogens with zero attached hydrogens (tertiary/aromatic N) is 1. The van der Waals surface area contributed by atoms with Gasteiger partial charge in [-0.25, -0.2) is 9.27 Å². The van der Waals surface area contributed by atoms with Gasteiger partial charge in [0, 0.05) is 7.05 Å². The van der Waals surface area contributed by atoms with E-state index in [1.807, 2.05) is 0 Å². The summed E-state index contributed by atoms with van der Waals surface area (Å²) in [6, 6.07) is 4.12. The molecule has 0 aliphatic rings. The summed E-state index contributed by atoms with van der Waals surface area (Å²) < 4.78 is 61.5. The fraction of sp³-hybridized carbons (Fsp3) is 0.250. The maximum atomic E-state index is 12.3. The van der Waals surface area contributed by atoms with E-state index >= 15 is 0 Å². The molecule has 0 aliphatic carbocycles. The smallest absolute Gasteiger partial charge is 0.416 e. The van der Waals surface area contributed by atoms with Gasteiger partial charge in [0.15, 0.2) is 0 Å². The van der Waals surface area contributed by atoms with Crippen molar-refractivity contribution in [2.45, 2.75) is 6.18 Å². The SMILES string of the molecule is CN(OS(=O)[O-])c1cccc(C(F)(F)F)c1. The monoisotopic (exact) mass is 254 g/mol. The summed E-state index contributed by atoms with van der Waals surface area (Å²) >= 11 is -2.83. The Balaban J connectivity index is 2.94. The van der Waals surface area contributed by atoms with Crippen molar-refractivity contribution >= 4 is 17.0 Å². The molecular formula is C8H7F3NO3S-. The Hall–Kier alpha value is -1.12. The molecule has 0 fully saturated rings. The number of alkyl halides is 3. The van der Waals surface area contributed by atoms with Crippen LogP contribution in [0.25, 0.3) is 0 Å². The van der Waals surface area contributed by atoms with Gasteiger partial charge in [0.05, 0.1) is 11.3 Å². The summed E-state index contributed by atoms with van der Waals surface area (Å²) in [6.45, 7) is 0. The number of hydrogen-bond donors (Lipinski definition) is 0. The molecule has 16 heavy (non-hydrogen) atoms. The predicted octanol–water partition coefficient (Wildman–Crippen LogP) is 1.87. The van der Waals surface area contributed by atoms with Crippen LogP contribution in [-0.2, 0) is 21.8 Å². The summed E-state index contributed by atoms with van der Waals surface area (Å²) in [6.07, 6.45) is -4.48. The van der Waals surface area contributed by atoms with Crippen molar-refractivity contribution in [2.24, 2.45) is 0 Å². The van der Waals surface area contributed by atoms with Crippen LogP contribution in [0.4, 0.5) is 18.9 Å². The number of hydrogen-bond acceptors (Lipinski definition) is 4. The van der Waals surface area contributed by atoms with Gasteiger partial charge < -0.3 is 4.55 Å². The Kier molecular flexibility index (Phi) is 3.89. The van der Waals surface area contributed by atoms with Gasteiger partial charge in [-0.3, -0.25) is 0 Å². The van der Waals surface area contributed by atoms with Crippen LogP contribution in [0.1, 0.15) is 5.56 Å². The number of benzene rings is 1. The van der Waals surface area contributed by atoms with E-state index in [0.29, 0.717) is 0 Å². The van der Waals surface area contributed by atoms with Gasteiger partial charge in [0.1, 0.15) is 11.4 Å². The summed E-state index contributed by atoms with van der Waals surface area (Å²) in [4.78, 5) is 0. The second kappa shape index (κ2) is 4.81. The highest BCUT2D eigenvalue weighted by molar-refractivity contribution is 7.74. The molecule has 0 saturated heterocycles. The second-order valence-electron chi connectivity index (χ2n) is 2.82. The normalized spacial score (nSPS) is 13.6. The molecule has 0 heterocycles. The average molecular weight is 254 g/mol. The molecule has 0 bridgehead atoms. The fourth-order valence-electron chi connectivity index (χ4n) is 1.01. The Morgan fingerprint density at radius 3 is 2.56 bits per heavy atom. The van der Waals surface area contributed by atoms with Crippen LogP contribution < -0.4 is 5.06 Å². The van der Waals surface area contributed by atoms with Crippen LogP contribution in [0, 0.1) is 0 Å². The van der Waals surface area contributed by atoms with Gasteiger partial charge in [-0.1, -0.05) is 6.07 Å². The molecule has 0 aromatic heterocycles. The van der Waals surface area contributed by atoms with Gasteiger partial charge in [0.2, 0.25) is 0 Å². The van der Waals surface area contributed by atoms with Gasteiger partial charge in [0.25, 0.3) is 0 Å². The lowest BCUT2D eigenvalue weighted by atomic mass is 10.2. The van der Waals surface area contributed by atoms with Crippen LogP contribution in [0.15, 0.2) is 24.3 Å².